The van der Waals surface area contributed by atoms with E-state index in [0.717, 1.165) is 24.9 Å². The third kappa shape index (κ3) is 5.27. The minimum Gasteiger partial charge on any atom is -0.356 e. The highest BCUT2D eigenvalue weighted by Gasteiger charge is 2.10. The van der Waals surface area contributed by atoms with Crippen LogP contribution in [0.25, 0.3) is 11.4 Å². The van der Waals surface area contributed by atoms with Crippen molar-refractivity contribution in [3.05, 3.63) is 30.4 Å². The summed E-state index contributed by atoms with van der Waals surface area (Å²) >= 11 is 0. The maximum atomic E-state index is 11.7. The Morgan fingerprint density at radius 2 is 2.09 bits per heavy atom. The summed E-state index contributed by atoms with van der Waals surface area (Å²) in [6.07, 6.45) is 6.30. The molecular weight excluding hydrogens is 280 g/mol. The first-order valence-corrected chi connectivity index (χ1v) is 7.65. The number of amides is 1. The molecule has 6 nitrogen and oxygen atoms in total. The lowest BCUT2D eigenvalue weighted by Crippen LogP contribution is -2.24. The Morgan fingerprint density at radius 1 is 1.32 bits per heavy atom. The van der Waals surface area contributed by atoms with Crippen molar-refractivity contribution in [3.63, 3.8) is 0 Å². The molecule has 1 N–H and O–H groups in total. The zero-order chi connectivity index (χ0) is 15.8. The number of aryl methyl sites for hydroxylation is 1. The molecule has 0 saturated carbocycles. The summed E-state index contributed by atoms with van der Waals surface area (Å²) in [5, 5.41) is 6.82. The van der Waals surface area contributed by atoms with E-state index in [1.165, 1.54) is 0 Å². The third-order valence-electron chi connectivity index (χ3n) is 3.25. The molecular formula is C16H22N4O2. The van der Waals surface area contributed by atoms with E-state index in [2.05, 4.69) is 34.3 Å². The Kier molecular flexibility index (Phi) is 6.06. The van der Waals surface area contributed by atoms with E-state index in [-0.39, 0.29) is 5.91 Å². The van der Waals surface area contributed by atoms with Gasteiger partial charge in [0.2, 0.25) is 17.6 Å². The highest BCUT2D eigenvalue weighted by molar-refractivity contribution is 5.75. The van der Waals surface area contributed by atoms with E-state index in [1.807, 2.05) is 12.1 Å². The van der Waals surface area contributed by atoms with E-state index in [4.69, 9.17) is 4.52 Å². The van der Waals surface area contributed by atoms with E-state index in [0.29, 0.717) is 30.5 Å². The lowest BCUT2D eigenvalue weighted by molar-refractivity contribution is -0.121. The van der Waals surface area contributed by atoms with Gasteiger partial charge in [-0.15, -0.1) is 0 Å². The molecule has 118 valence electrons. The molecule has 0 radical (unpaired) electrons. The van der Waals surface area contributed by atoms with Gasteiger partial charge >= 0.3 is 0 Å². The second-order valence-electron chi connectivity index (χ2n) is 5.63. The van der Waals surface area contributed by atoms with Crippen LogP contribution in [0.15, 0.2) is 29.0 Å². The molecule has 1 amide bonds. The van der Waals surface area contributed by atoms with Gasteiger partial charge in [0.15, 0.2) is 0 Å². The lowest BCUT2D eigenvalue weighted by Gasteiger charge is -2.05. The van der Waals surface area contributed by atoms with Gasteiger partial charge in [0.05, 0.1) is 0 Å². The molecule has 0 aliphatic heterocycles. The Morgan fingerprint density at radius 3 is 2.82 bits per heavy atom. The number of hydrogen-bond donors (Lipinski definition) is 1. The predicted molar refractivity (Wildman–Crippen MR) is 82.9 cm³/mol. The number of nitrogens with zero attached hydrogens (tertiary/aromatic N) is 3. The van der Waals surface area contributed by atoms with Gasteiger partial charge in [-0.25, -0.2) is 0 Å². The summed E-state index contributed by atoms with van der Waals surface area (Å²) in [7, 11) is 0. The van der Waals surface area contributed by atoms with Crippen LogP contribution in [0.3, 0.4) is 0 Å². The van der Waals surface area contributed by atoms with Crippen LogP contribution >= 0.6 is 0 Å². The zero-order valence-electron chi connectivity index (χ0n) is 13.1. The van der Waals surface area contributed by atoms with Gasteiger partial charge in [-0.05, 0) is 30.9 Å². The summed E-state index contributed by atoms with van der Waals surface area (Å²) in [6, 6.07) is 3.63. The Hall–Kier alpha value is -2.24. The molecule has 0 fully saturated rings. The average molecular weight is 302 g/mol. The van der Waals surface area contributed by atoms with Crippen LogP contribution in [0.4, 0.5) is 0 Å². The summed E-state index contributed by atoms with van der Waals surface area (Å²) < 4.78 is 5.17. The van der Waals surface area contributed by atoms with Crippen LogP contribution in [-0.4, -0.2) is 27.6 Å². The number of nitrogens with one attached hydrogen (secondary N) is 1. The monoisotopic (exact) mass is 302 g/mol. The van der Waals surface area contributed by atoms with E-state index >= 15 is 0 Å². The zero-order valence-corrected chi connectivity index (χ0v) is 13.1. The largest absolute Gasteiger partial charge is 0.356 e. The van der Waals surface area contributed by atoms with Gasteiger partial charge in [-0.2, -0.15) is 4.98 Å². The Balaban J connectivity index is 1.73. The molecule has 0 spiro atoms. The van der Waals surface area contributed by atoms with Crippen molar-refractivity contribution in [1.29, 1.82) is 0 Å². The highest BCUT2D eigenvalue weighted by Crippen LogP contribution is 2.14. The summed E-state index contributed by atoms with van der Waals surface area (Å²) in [4.78, 5) is 20.0. The van der Waals surface area contributed by atoms with Crippen LogP contribution < -0.4 is 5.32 Å². The number of aromatic nitrogens is 3. The van der Waals surface area contributed by atoms with E-state index < -0.39 is 0 Å². The van der Waals surface area contributed by atoms with Crippen molar-refractivity contribution >= 4 is 5.91 Å². The topological polar surface area (TPSA) is 80.9 Å². The summed E-state index contributed by atoms with van der Waals surface area (Å²) in [5.74, 6) is 1.69. The van der Waals surface area contributed by atoms with Crippen LogP contribution in [-0.2, 0) is 11.2 Å². The Labute approximate surface area is 130 Å². The van der Waals surface area contributed by atoms with Crippen molar-refractivity contribution in [3.8, 4) is 11.4 Å². The van der Waals surface area contributed by atoms with Gasteiger partial charge in [-0.1, -0.05) is 19.0 Å². The summed E-state index contributed by atoms with van der Waals surface area (Å²) in [6.45, 7) is 5.08. The molecule has 2 heterocycles. The molecule has 0 aromatic carbocycles. The molecule has 0 aliphatic rings. The number of carbonyl (C=O) groups is 1. The molecule has 0 bridgehead atoms. The third-order valence-corrected chi connectivity index (χ3v) is 3.25. The molecule has 6 heteroatoms. The first-order chi connectivity index (χ1) is 10.6. The Bertz CT molecular complexity index is 581. The maximum Gasteiger partial charge on any atom is 0.227 e. The first kappa shape index (κ1) is 16.1. The fourth-order valence-corrected chi connectivity index (χ4v) is 2.02. The van der Waals surface area contributed by atoms with Crippen molar-refractivity contribution in [1.82, 2.24) is 20.4 Å². The number of hydrogen-bond acceptors (Lipinski definition) is 5. The van der Waals surface area contributed by atoms with Crippen molar-refractivity contribution in [2.75, 3.05) is 6.54 Å². The maximum absolute atomic E-state index is 11.7. The second-order valence-corrected chi connectivity index (χ2v) is 5.63. The molecule has 2 aromatic rings. The van der Waals surface area contributed by atoms with Crippen LogP contribution in [0.2, 0.25) is 0 Å². The molecule has 0 aliphatic carbocycles. The second kappa shape index (κ2) is 8.26. The fraction of sp³-hybridized carbons (Fsp3) is 0.500. The van der Waals surface area contributed by atoms with Gasteiger partial charge in [0.1, 0.15) is 0 Å². The van der Waals surface area contributed by atoms with E-state index in [1.54, 1.807) is 12.4 Å². The number of pyridine rings is 1. The lowest BCUT2D eigenvalue weighted by atomic mass is 10.1. The van der Waals surface area contributed by atoms with Gasteiger partial charge in [-0.3, -0.25) is 9.78 Å². The molecule has 22 heavy (non-hydrogen) atoms. The standard InChI is InChI=1S/C16H22N4O2/c1-12(2)4-3-9-18-14(21)5-6-15-19-16(20-22-15)13-7-10-17-11-8-13/h7-8,10-12H,3-6,9H2,1-2H3,(H,18,21). The molecule has 0 saturated heterocycles. The molecule has 2 rings (SSSR count). The van der Waals surface area contributed by atoms with Gasteiger partial charge in [0, 0.05) is 37.3 Å². The highest BCUT2D eigenvalue weighted by atomic mass is 16.5. The minimum absolute atomic E-state index is 0.0208. The van der Waals surface area contributed by atoms with Crippen LogP contribution in [0.5, 0.6) is 0 Å². The van der Waals surface area contributed by atoms with Crippen LogP contribution in [0, 0.1) is 5.92 Å². The fourth-order valence-electron chi connectivity index (χ4n) is 2.02. The van der Waals surface area contributed by atoms with Crippen molar-refractivity contribution in [2.45, 2.75) is 39.5 Å². The van der Waals surface area contributed by atoms with Gasteiger partial charge in [0.25, 0.3) is 0 Å². The van der Waals surface area contributed by atoms with Crippen molar-refractivity contribution in [2.24, 2.45) is 5.92 Å². The smallest absolute Gasteiger partial charge is 0.227 e. The number of carbonyl (C=O) groups excluding carboxylic acids is 1. The average Bonchev–Trinajstić information content (AvgIpc) is 2.99. The number of rotatable bonds is 8. The van der Waals surface area contributed by atoms with Gasteiger partial charge < -0.3 is 9.84 Å². The molecule has 2 aromatic heterocycles. The quantitative estimate of drug-likeness (QED) is 0.758. The van der Waals surface area contributed by atoms with E-state index in [9.17, 15) is 4.79 Å². The van der Waals surface area contributed by atoms with Crippen LogP contribution in [0.1, 0.15) is 39.0 Å². The van der Waals surface area contributed by atoms with Crippen molar-refractivity contribution < 1.29 is 9.32 Å². The SMILES string of the molecule is CC(C)CCCNC(=O)CCc1nc(-c2ccncc2)no1. The molecule has 0 unspecified atom stereocenters. The summed E-state index contributed by atoms with van der Waals surface area (Å²) in [5.41, 5.74) is 0.850. The normalized spacial score (nSPS) is 10.9. The predicted octanol–water partition coefficient (Wildman–Crippen LogP) is 2.62. The first-order valence-electron chi connectivity index (χ1n) is 7.65. The molecule has 0 atom stereocenters. The minimum atomic E-state index is 0.0208.